The molecule has 0 aliphatic carbocycles. The molecule has 0 aliphatic rings. The molecule has 1 rings (SSSR count). The molecule has 0 aliphatic heterocycles. The van der Waals surface area contributed by atoms with Crippen molar-refractivity contribution < 1.29 is 40.2 Å². The van der Waals surface area contributed by atoms with Crippen LogP contribution in [0.3, 0.4) is 0 Å². The molecule has 118 valence electrons. The van der Waals surface area contributed by atoms with Crippen molar-refractivity contribution in [2.45, 2.75) is 24.4 Å². The van der Waals surface area contributed by atoms with Gasteiger partial charge in [0.2, 0.25) is 0 Å². The van der Waals surface area contributed by atoms with Gasteiger partial charge in [-0.1, -0.05) is 0 Å². The third kappa shape index (κ3) is 4.96. The first kappa shape index (κ1) is 17.3. The van der Waals surface area contributed by atoms with Crippen molar-refractivity contribution in [1.29, 1.82) is 0 Å². The monoisotopic (exact) mass is 302 g/mol. The average Bonchev–Trinajstić information content (AvgIpc) is 2.50. The number of carbonyl (C=O) groups excluding carboxylic acids is 1. The lowest BCUT2D eigenvalue weighted by atomic mass is 10.0. The molecule has 0 fully saturated rings. The molecule has 21 heavy (non-hydrogen) atoms. The fourth-order valence-electron chi connectivity index (χ4n) is 1.50. The summed E-state index contributed by atoms with van der Waals surface area (Å²) in [5.41, 5.74) is 0.130. The Hall–Kier alpha value is -1.71. The van der Waals surface area contributed by atoms with Crippen LogP contribution in [0, 0.1) is 0 Å². The second-order valence-corrected chi connectivity index (χ2v) is 4.44. The second kappa shape index (κ2) is 7.91. The molecule has 6 N–H and O–H groups in total. The number of aliphatic hydroxyl groups is 5. The Kier molecular flexibility index (Phi) is 6.53. The van der Waals surface area contributed by atoms with Gasteiger partial charge in [-0.15, -0.1) is 0 Å². The molecule has 8 nitrogen and oxygen atoms in total. The maximum Gasteiger partial charge on any atom is 0.338 e. The summed E-state index contributed by atoms with van der Waals surface area (Å²) in [5, 5.41) is 55.3. The lowest BCUT2D eigenvalue weighted by Crippen LogP contribution is -2.47. The van der Waals surface area contributed by atoms with Crippen molar-refractivity contribution in [1.82, 2.24) is 0 Å². The maximum absolute atomic E-state index is 11.6. The van der Waals surface area contributed by atoms with Gasteiger partial charge in [-0.2, -0.15) is 0 Å². The summed E-state index contributed by atoms with van der Waals surface area (Å²) >= 11 is 0. The fourth-order valence-corrected chi connectivity index (χ4v) is 1.50. The zero-order chi connectivity index (χ0) is 16.0. The van der Waals surface area contributed by atoms with Crippen molar-refractivity contribution in [3.8, 4) is 5.75 Å². The fraction of sp³-hybridized carbons (Fsp3) is 0.462. The first-order valence-electron chi connectivity index (χ1n) is 6.16. The Morgan fingerprint density at radius 2 is 1.52 bits per heavy atom. The van der Waals surface area contributed by atoms with Gasteiger partial charge in [0.25, 0.3) is 0 Å². The number of ether oxygens (including phenoxy) is 1. The third-order valence-electron chi connectivity index (χ3n) is 2.81. The minimum absolute atomic E-state index is 0.0249. The van der Waals surface area contributed by atoms with Crippen molar-refractivity contribution in [2.24, 2.45) is 0 Å². The number of hydrogen-bond acceptors (Lipinski definition) is 8. The smallest absolute Gasteiger partial charge is 0.338 e. The Morgan fingerprint density at radius 3 is 2.05 bits per heavy atom. The maximum atomic E-state index is 11.6. The van der Waals surface area contributed by atoms with E-state index in [1.165, 1.54) is 24.3 Å². The summed E-state index contributed by atoms with van der Waals surface area (Å²) in [6, 6.07) is 5.18. The minimum atomic E-state index is -1.79. The van der Waals surface area contributed by atoms with Gasteiger partial charge in [-0.3, -0.25) is 0 Å². The molecule has 0 amide bonds. The van der Waals surface area contributed by atoms with E-state index in [4.69, 9.17) is 20.1 Å². The van der Waals surface area contributed by atoms with E-state index in [0.29, 0.717) is 0 Å². The standard InChI is InChI=1S/C13H18O8/c14-5-9(16)11(18)12(19)10(17)6-21-13(20)7-1-3-8(15)4-2-7/h1-4,9-12,14-19H,5-6H2. The summed E-state index contributed by atoms with van der Waals surface area (Å²) in [6.07, 6.45) is -6.83. The second-order valence-electron chi connectivity index (χ2n) is 4.44. The highest BCUT2D eigenvalue weighted by atomic mass is 16.5. The van der Waals surface area contributed by atoms with Gasteiger partial charge in [-0.05, 0) is 24.3 Å². The first-order chi connectivity index (χ1) is 9.86. The molecule has 4 unspecified atom stereocenters. The van der Waals surface area contributed by atoms with Gasteiger partial charge in [0.15, 0.2) is 0 Å². The number of aliphatic hydroxyl groups excluding tert-OH is 5. The lowest BCUT2D eigenvalue weighted by molar-refractivity contribution is -0.124. The number of phenolic OH excluding ortho intramolecular Hbond substituents is 1. The highest BCUT2D eigenvalue weighted by Crippen LogP contribution is 2.11. The molecule has 0 radical (unpaired) electrons. The molecule has 0 saturated carbocycles. The highest BCUT2D eigenvalue weighted by Gasteiger charge is 2.30. The van der Waals surface area contributed by atoms with Gasteiger partial charge in [-0.25, -0.2) is 4.79 Å². The topological polar surface area (TPSA) is 148 Å². The summed E-state index contributed by atoms with van der Waals surface area (Å²) in [6.45, 7) is -1.41. The molecular formula is C13H18O8. The Morgan fingerprint density at radius 1 is 1.00 bits per heavy atom. The van der Waals surface area contributed by atoms with Gasteiger partial charge in [0.1, 0.15) is 36.8 Å². The van der Waals surface area contributed by atoms with E-state index in [0.717, 1.165) is 0 Å². The number of carbonyl (C=O) groups is 1. The van der Waals surface area contributed by atoms with Crippen LogP contribution in [0.2, 0.25) is 0 Å². The average molecular weight is 302 g/mol. The Labute approximate surface area is 120 Å². The van der Waals surface area contributed by atoms with Crippen LogP contribution in [-0.4, -0.2) is 74.2 Å². The number of phenols is 1. The number of aromatic hydroxyl groups is 1. The van der Waals surface area contributed by atoms with Gasteiger partial charge < -0.3 is 35.4 Å². The largest absolute Gasteiger partial charge is 0.508 e. The van der Waals surface area contributed by atoms with Crippen LogP contribution in [0.5, 0.6) is 5.75 Å². The molecule has 8 heteroatoms. The zero-order valence-corrected chi connectivity index (χ0v) is 11.0. The van der Waals surface area contributed by atoms with E-state index in [1.54, 1.807) is 0 Å². The molecule has 1 aromatic rings. The van der Waals surface area contributed by atoms with E-state index >= 15 is 0 Å². The lowest BCUT2D eigenvalue weighted by Gasteiger charge is -2.25. The quantitative estimate of drug-likeness (QED) is 0.316. The molecule has 0 bridgehead atoms. The van der Waals surface area contributed by atoms with Crippen LogP contribution in [0.15, 0.2) is 24.3 Å². The zero-order valence-electron chi connectivity index (χ0n) is 11.0. The van der Waals surface area contributed by atoms with Gasteiger partial charge in [0, 0.05) is 0 Å². The third-order valence-corrected chi connectivity index (χ3v) is 2.81. The number of rotatable bonds is 7. The summed E-state index contributed by atoms with van der Waals surface area (Å²) in [5.74, 6) is -0.818. The molecule has 0 saturated heterocycles. The molecular weight excluding hydrogens is 284 g/mol. The molecule has 0 spiro atoms. The summed E-state index contributed by atoms with van der Waals surface area (Å²) < 4.78 is 4.73. The van der Waals surface area contributed by atoms with E-state index in [9.17, 15) is 20.1 Å². The van der Waals surface area contributed by atoms with E-state index in [-0.39, 0.29) is 11.3 Å². The number of hydrogen-bond donors (Lipinski definition) is 6. The van der Waals surface area contributed by atoms with Crippen LogP contribution in [0.1, 0.15) is 10.4 Å². The molecule has 0 heterocycles. The molecule has 0 aromatic heterocycles. The van der Waals surface area contributed by atoms with Crippen molar-refractivity contribution in [3.63, 3.8) is 0 Å². The summed E-state index contributed by atoms with van der Waals surface area (Å²) in [4.78, 5) is 11.6. The van der Waals surface area contributed by atoms with Gasteiger partial charge in [0.05, 0.1) is 12.2 Å². The van der Waals surface area contributed by atoms with Crippen LogP contribution in [-0.2, 0) is 4.74 Å². The van der Waals surface area contributed by atoms with E-state index < -0.39 is 43.6 Å². The minimum Gasteiger partial charge on any atom is -0.508 e. The molecule has 4 atom stereocenters. The predicted octanol–water partition coefficient (Wildman–Crippen LogP) is -2.02. The number of esters is 1. The Bertz CT molecular complexity index is 446. The van der Waals surface area contributed by atoms with E-state index in [1.807, 2.05) is 0 Å². The van der Waals surface area contributed by atoms with Crippen molar-refractivity contribution >= 4 is 5.97 Å². The van der Waals surface area contributed by atoms with Crippen LogP contribution in [0.4, 0.5) is 0 Å². The van der Waals surface area contributed by atoms with Crippen LogP contribution in [0.25, 0.3) is 0 Å². The number of benzene rings is 1. The SMILES string of the molecule is O=C(OCC(O)C(O)C(O)C(O)CO)c1ccc(O)cc1. The normalized spacial score (nSPS) is 16.8. The first-order valence-corrected chi connectivity index (χ1v) is 6.16. The Balaban J connectivity index is 2.50. The van der Waals surface area contributed by atoms with Crippen molar-refractivity contribution in [2.75, 3.05) is 13.2 Å². The summed E-state index contributed by atoms with van der Waals surface area (Å²) in [7, 11) is 0. The van der Waals surface area contributed by atoms with Crippen LogP contribution < -0.4 is 0 Å². The molecule has 1 aromatic carbocycles. The van der Waals surface area contributed by atoms with Crippen LogP contribution >= 0.6 is 0 Å². The van der Waals surface area contributed by atoms with Crippen molar-refractivity contribution in [3.05, 3.63) is 29.8 Å². The van der Waals surface area contributed by atoms with E-state index in [2.05, 4.69) is 0 Å². The van der Waals surface area contributed by atoms with Gasteiger partial charge >= 0.3 is 5.97 Å². The predicted molar refractivity (Wildman–Crippen MR) is 69.5 cm³/mol. The highest BCUT2D eigenvalue weighted by molar-refractivity contribution is 5.89.